The Kier molecular flexibility index (Phi) is 4.11. The topological polar surface area (TPSA) is 91.1 Å². The standard InChI is InChI=1S/C18H15N3O3/c1-11(22)20-12-5-4-6-13(9-12)21-18(24)17(23)15-10-19-16-8-3-2-7-14(15)16/h2-10,19H,1H3,(H,20,22)(H,21,24). The molecule has 3 rings (SSSR count). The molecule has 0 aliphatic rings. The molecule has 0 radical (unpaired) electrons. The van der Waals surface area contributed by atoms with Crippen molar-refractivity contribution < 1.29 is 14.4 Å². The lowest BCUT2D eigenvalue weighted by Gasteiger charge is -2.07. The Bertz CT molecular complexity index is 943. The van der Waals surface area contributed by atoms with Crippen LogP contribution in [-0.2, 0) is 9.59 Å². The fourth-order valence-corrected chi connectivity index (χ4v) is 2.45. The number of rotatable bonds is 4. The van der Waals surface area contributed by atoms with Gasteiger partial charge in [0.1, 0.15) is 0 Å². The highest BCUT2D eigenvalue weighted by Gasteiger charge is 2.20. The summed E-state index contributed by atoms with van der Waals surface area (Å²) in [4.78, 5) is 38.7. The van der Waals surface area contributed by atoms with Crippen LogP contribution < -0.4 is 10.6 Å². The maximum absolute atomic E-state index is 12.4. The Morgan fingerprint density at radius 2 is 1.62 bits per heavy atom. The van der Waals surface area contributed by atoms with Gasteiger partial charge in [-0.1, -0.05) is 24.3 Å². The first-order chi connectivity index (χ1) is 11.5. The lowest BCUT2D eigenvalue weighted by Crippen LogP contribution is -2.22. The summed E-state index contributed by atoms with van der Waals surface area (Å²) in [6, 6.07) is 13.9. The number of para-hydroxylation sites is 1. The average Bonchev–Trinajstić information content (AvgIpc) is 2.97. The van der Waals surface area contributed by atoms with Crippen LogP contribution in [0.25, 0.3) is 10.9 Å². The molecule has 0 atom stereocenters. The van der Waals surface area contributed by atoms with Gasteiger partial charge in [-0.25, -0.2) is 0 Å². The number of aromatic amines is 1. The minimum Gasteiger partial charge on any atom is -0.360 e. The van der Waals surface area contributed by atoms with Gasteiger partial charge in [-0.3, -0.25) is 14.4 Å². The molecule has 6 nitrogen and oxygen atoms in total. The Labute approximate surface area is 137 Å². The highest BCUT2D eigenvalue weighted by atomic mass is 16.2. The summed E-state index contributed by atoms with van der Waals surface area (Å²) in [5.41, 5.74) is 2.08. The van der Waals surface area contributed by atoms with Crippen LogP contribution in [0.5, 0.6) is 0 Å². The summed E-state index contributed by atoms with van der Waals surface area (Å²) < 4.78 is 0. The molecule has 0 aliphatic heterocycles. The number of amides is 2. The molecule has 120 valence electrons. The maximum atomic E-state index is 12.4. The molecule has 2 aromatic carbocycles. The molecule has 0 spiro atoms. The first kappa shape index (κ1) is 15.5. The van der Waals surface area contributed by atoms with Crippen LogP contribution in [0.2, 0.25) is 0 Å². The Balaban J connectivity index is 1.80. The van der Waals surface area contributed by atoms with Gasteiger partial charge in [0, 0.05) is 35.4 Å². The number of carbonyl (C=O) groups is 3. The first-order valence-corrected chi connectivity index (χ1v) is 7.34. The van der Waals surface area contributed by atoms with Crippen LogP contribution in [-0.4, -0.2) is 22.6 Å². The maximum Gasteiger partial charge on any atom is 0.296 e. The van der Waals surface area contributed by atoms with Crippen molar-refractivity contribution in [3.05, 3.63) is 60.3 Å². The normalized spacial score (nSPS) is 10.4. The molecule has 3 N–H and O–H groups in total. The van der Waals surface area contributed by atoms with E-state index in [0.717, 1.165) is 5.52 Å². The molecule has 1 aromatic heterocycles. The number of benzene rings is 2. The number of anilines is 2. The third-order valence-electron chi connectivity index (χ3n) is 3.48. The largest absolute Gasteiger partial charge is 0.360 e. The van der Waals surface area contributed by atoms with E-state index in [0.29, 0.717) is 22.3 Å². The van der Waals surface area contributed by atoms with E-state index in [4.69, 9.17) is 0 Å². The molecule has 0 saturated carbocycles. The van der Waals surface area contributed by atoms with Crippen molar-refractivity contribution >= 4 is 39.9 Å². The summed E-state index contributed by atoms with van der Waals surface area (Å²) in [7, 11) is 0. The number of nitrogens with one attached hydrogen (secondary N) is 3. The molecule has 0 saturated heterocycles. The predicted molar refractivity (Wildman–Crippen MR) is 92.0 cm³/mol. The highest BCUT2D eigenvalue weighted by Crippen LogP contribution is 2.19. The molecular weight excluding hydrogens is 306 g/mol. The van der Waals surface area contributed by atoms with Crippen LogP contribution in [0.3, 0.4) is 0 Å². The van der Waals surface area contributed by atoms with E-state index in [2.05, 4.69) is 15.6 Å². The molecule has 0 unspecified atom stereocenters. The summed E-state index contributed by atoms with van der Waals surface area (Å²) in [6.07, 6.45) is 1.53. The summed E-state index contributed by atoms with van der Waals surface area (Å²) in [6.45, 7) is 1.39. The molecule has 2 amide bonds. The second kappa shape index (κ2) is 6.37. The van der Waals surface area contributed by atoms with Crippen LogP contribution >= 0.6 is 0 Å². The number of carbonyl (C=O) groups excluding carboxylic acids is 3. The van der Waals surface area contributed by atoms with Crippen molar-refractivity contribution in [2.45, 2.75) is 6.92 Å². The number of H-pyrrole nitrogens is 1. The molecule has 3 aromatic rings. The van der Waals surface area contributed by atoms with Gasteiger partial charge in [0.25, 0.3) is 11.7 Å². The number of Topliss-reactive ketones (excluding diaryl/α,β-unsaturated/α-hetero) is 1. The quantitative estimate of drug-likeness (QED) is 0.509. The molecule has 1 heterocycles. The zero-order valence-electron chi connectivity index (χ0n) is 12.9. The number of hydrogen-bond donors (Lipinski definition) is 3. The summed E-state index contributed by atoms with van der Waals surface area (Å²) in [5, 5.41) is 5.87. The molecule has 0 fully saturated rings. The summed E-state index contributed by atoms with van der Waals surface area (Å²) >= 11 is 0. The van der Waals surface area contributed by atoms with E-state index < -0.39 is 11.7 Å². The fourth-order valence-electron chi connectivity index (χ4n) is 2.45. The Morgan fingerprint density at radius 1 is 0.917 bits per heavy atom. The third kappa shape index (κ3) is 3.17. The predicted octanol–water partition coefficient (Wildman–Crippen LogP) is 2.95. The third-order valence-corrected chi connectivity index (χ3v) is 3.48. The summed E-state index contributed by atoms with van der Waals surface area (Å²) in [5.74, 6) is -1.58. The minimum absolute atomic E-state index is 0.214. The first-order valence-electron chi connectivity index (χ1n) is 7.34. The van der Waals surface area contributed by atoms with Crippen LogP contribution in [0, 0.1) is 0 Å². The minimum atomic E-state index is -0.736. The SMILES string of the molecule is CC(=O)Nc1cccc(NC(=O)C(=O)c2c[nH]c3ccccc23)c1. The van der Waals surface area contributed by atoms with Gasteiger partial charge in [-0.05, 0) is 24.3 Å². The number of ketones is 1. The lowest BCUT2D eigenvalue weighted by atomic mass is 10.1. The van der Waals surface area contributed by atoms with Crippen LogP contribution in [0.15, 0.2) is 54.7 Å². The van der Waals surface area contributed by atoms with Crippen LogP contribution in [0.1, 0.15) is 17.3 Å². The van der Waals surface area contributed by atoms with E-state index in [9.17, 15) is 14.4 Å². The van der Waals surface area contributed by atoms with Gasteiger partial charge in [0.15, 0.2) is 0 Å². The van der Waals surface area contributed by atoms with Gasteiger partial charge < -0.3 is 15.6 Å². The van der Waals surface area contributed by atoms with E-state index in [-0.39, 0.29) is 5.91 Å². The van der Waals surface area contributed by atoms with Crippen molar-refractivity contribution in [2.75, 3.05) is 10.6 Å². The molecule has 24 heavy (non-hydrogen) atoms. The van der Waals surface area contributed by atoms with Gasteiger partial charge in [0.2, 0.25) is 5.91 Å². The van der Waals surface area contributed by atoms with E-state index in [1.54, 1.807) is 30.3 Å². The van der Waals surface area contributed by atoms with Gasteiger partial charge in [-0.15, -0.1) is 0 Å². The van der Waals surface area contributed by atoms with E-state index in [1.165, 1.54) is 13.1 Å². The monoisotopic (exact) mass is 321 g/mol. The number of hydrogen-bond acceptors (Lipinski definition) is 3. The average molecular weight is 321 g/mol. The highest BCUT2D eigenvalue weighted by molar-refractivity contribution is 6.48. The van der Waals surface area contributed by atoms with Crippen molar-refractivity contribution in [3.63, 3.8) is 0 Å². The van der Waals surface area contributed by atoms with E-state index in [1.807, 2.05) is 18.2 Å². The molecule has 6 heteroatoms. The van der Waals surface area contributed by atoms with Gasteiger partial charge >= 0.3 is 0 Å². The van der Waals surface area contributed by atoms with Crippen molar-refractivity contribution in [2.24, 2.45) is 0 Å². The zero-order valence-corrected chi connectivity index (χ0v) is 12.9. The fraction of sp³-hybridized carbons (Fsp3) is 0.0556. The molecule has 0 aliphatic carbocycles. The smallest absolute Gasteiger partial charge is 0.296 e. The zero-order chi connectivity index (χ0) is 17.1. The Hall–Kier alpha value is -3.41. The van der Waals surface area contributed by atoms with Gasteiger partial charge in [-0.2, -0.15) is 0 Å². The molecular formula is C18H15N3O3. The van der Waals surface area contributed by atoms with Gasteiger partial charge in [0.05, 0.1) is 5.56 Å². The van der Waals surface area contributed by atoms with E-state index >= 15 is 0 Å². The number of fused-ring (bicyclic) bond motifs is 1. The Morgan fingerprint density at radius 3 is 2.38 bits per heavy atom. The second-order valence-electron chi connectivity index (χ2n) is 5.29. The lowest BCUT2D eigenvalue weighted by molar-refractivity contribution is -0.114. The second-order valence-corrected chi connectivity index (χ2v) is 5.29. The van der Waals surface area contributed by atoms with Crippen LogP contribution in [0.4, 0.5) is 11.4 Å². The van der Waals surface area contributed by atoms with Crippen molar-refractivity contribution in [3.8, 4) is 0 Å². The molecule has 0 bridgehead atoms. The number of aromatic nitrogens is 1. The van der Waals surface area contributed by atoms with Crippen molar-refractivity contribution in [1.29, 1.82) is 0 Å². The van der Waals surface area contributed by atoms with Crippen molar-refractivity contribution in [1.82, 2.24) is 4.98 Å².